The van der Waals surface area contributed by atoms with E-state index < -0.39 is 30.2 Å². The van der Waals surface area contributed by atoms with Crippen LogP contribution in [0.2, 0.25) is 0 Å². The van der Waals surface area contributed by atoms with E-state index in [4.69, 9.17) is 4.42 Å². The summed E-state index contributed by atoms with van der Waals surface area (Å²) in [4.78, 5) is 36.9. The van der Waals surface area contributed by atoms with Gasteiger partial charge in [-0.1, -0.05) is 18.2 Å². The average Bonchev–Trinajstić information content (AvgIpc) is 3.21. The second-order valence-corrected chi connectivity index (χ2v) is 5.30. The second kappa shape index (κ2) is 7.47. The number of imide groups is 1. The van der Waals surface area contributed by atoms with Crippen molar-refractivity contribution < 1.29 is 23.2 Å². The van der Waals surface area contributed by atoms with Gasteiger partial charge in [0.1, 0.15) is 23.8 Å². The third-order valence-corrected chi connectivity index (χ3v) is 3.48. The molecule has 2 aromatic rings. The summed E-state index contributed by atoms with van der Waals surface area (Å²) in [5, 5.41) is 4.70. The summed E-state index contributed by atoms with van der Waals surface area (Å²) >= 11 is 0. The number of carbonyl (C=O) groups is 3. The third kappa shape index (κ3) is 3.86. The van der Waals surface area contributed by atoms with Crippen LogP contribution in [-0.2, 0) is 9.59 Å². The zero-order valence-corrected chi connectivity index (χ0v) is 13.4. The number of amides is 4. The van der Waals surface area contributed by atoms with Crippen molar-refractivity contribution in [3.8, 4) is 0 Å². The maximum atomic E-state index is 13.5. The van der Waals surface area contributed by atoms with Gasteiger partial charge in [-0.2, -0.15) is 0 Å². The fraction of sp³-hybridized carbons (Fsp3) is 0.0556. The Hall–Kier alpha value is -3.68. The molecule has 26 heavy (non-hydrogen) atoms. The van der Waals surface area contributed by atoms with Crippen molar-refractivity contribution >= 4 is 29.6 Å². The summed E-state index contributed by atoms with van der Waals surface area (Å²) in [7, 11) is 0. The molecule has 7 nitrogen and oxygen atoms in total. The van der Waals surface area contributed by atoms with Crippen LogP contribution in [0.3, 0.4) is 0 Å². The van der Waals surface area contributed by atoms with Crippen LogP contribution >= 0.6 is 0 Å². The number of nitrogens with zero attached hydrogens (tertiary/aromatic N) is 1. The standard InChI is InChI=1S/C18H14FN3O4/c19-13-7-1-2-8-14(13)20-16(23)11-22-17(24)15(21-18(22)25)9-3-5-12-6-4-10-26-12/h1-10H,11H2,(H,20,23)(H,21,25)/b5-3+,15-9+. The molecule has 2 N–H and O–H groups in total. The highest BCUT2D eigenvalue weighted by Gasteiger charge is 2.34. The minimum atomic E-state index is -0.726. The van der Waals surface area contributed by atoms with E-state index >= 15 is 0 Å². The first-order valence-corrected chi connectivity index (χ1v) is 7.63. The van der Waals surface area contributed by atoms with E-state index in [0.717, 1.165) is 4.90 Å². The van der Waals surface area contributed by atoms with Crippen LogP contribution < -0.4 is 10.6 Å². The van der Waals surface area contributed by atoms with Gasteiger partial charge in [-0.25, -0.2) is 14.1 Å². The molecule has 3 rings (SSSR count). The summed E-state index contributed by atoms with van der Waals surface area (Å²) in [5.74, 6) is -1.37. The van der Waals surface area contributed by atoms with Crippen LogP contribution in [0.1, 0.15) is 5.76 Å². The normalized spacial score (nSPS) is 15.7. The van der Waals surface area contributed by atoms with Crippen molar-refractivity contribution in [2.24, 2.45) is 0 Å². The van der Waals surface area contributed by atoms with Gasteiger partial charge in [0, 0.05) is 0 Å². The number of rotatable bonds is 5. The zero-order chi connectivity index (χ0) is 18.5. The molecule has 0 unspecified atom stereocenters. The number of furan rings is 1. The molecule has 1 aliphatic heterocycles. The van der Waals surface area contributed by atoms with Gasteiger partial charge in [0.15, 0.2) is 0 Å². The Morgan fingerprint density at radius 1 is 1.23 bits per heavy atom. The van der Waals surface area contributed by atoms with Crippen molar-refractivity contribution in [2.75, 3.05) is 11.9 Å². The first-order valence-electron chi connectivity index (χ1n) is 7.63. The lowest BCUT2D eigenvalue weighted by molar-refractivity contribution is -0.127. The van der Waals surface area contributed by atoms with Crippen molar-refractivity contribution in [1.82, 2.24) is 10.2 Å². The molecule has 0 atom stereocenters. The molecule has 4 amide bonds. The molecule has 1 aromatic heterocycles. The topological polar surface area (TPSA) is 91.7 Å². The monoisotopic (exact) mass is 355 g/mol. The number of nitrogens with one attached hydrogen (secondary N) is 2. The predicted octanol–water partition coefficient (Wildman–Crippen LogP) is 2.51. The van der Waals surface area contributed by atoms with Gasteiger partial charge in [0.2, 0.25) is 5.91 Å². The molecule has 0 radical (unpaired) electrons. The van der Waals surface area contributed by atoms with E-state index in [1.807, 2.05) is 0 Å². The number of anilines is 1. The highest BCUT2D eigenvalue weighted by molar-refractivity contribution is 6.14. The van der Waals surface area contributed by atoms with Crippen LogP contribution in [0.5, 0.6) is 0 Å². The number of hydrogen-bond acceptors (Lipinski definition) is 4. The number of allylic oxidation sites excluding steroid dienone is 2. The van der Waals surface area contributed by atoms with Crippen LogP contribution in [0.4, 0.5) is 14.9 Å². The molecule has 2 heterocycles. The van der Waals surface area contributed by atoms with Crippen molar-refractivity contribution in [2.45, 2.75) is 0 Å². The highest BCUT2D eigenvalue weighted by Crippen LogP contribution is 2.14. The third-order valence-electron chi connectivity index (χ3n) is 3.48. The van der Waals surface area contributed by atoms with E-state index in [2.05, 4.69) is 10.6 Å². The molecule has 1 saturated heterocycles. The van der Waals surface area contributed by atoms with Gasteiger partial charge < -0.3 is 15.1 Å². The van der Waals surface area contributed by atoms with E-state index in [0.29, 0.717) is 5.76 Å². The first-order chi connectivity index (χ1) is 12.5. The van der Waals surface area contributed by atoms with Crippen LogP contribution in [-0.4, -0.2) is 29.3 Å². The minimum Gasteiger partial charge on any atom is -0.465 e. The van der Waals surface area contributed by atoms with Gasteiger partial charge >= 0.3 is 6.03 Å². The van der Waals surface area contributed by atoms with E-state index in [1.54, 1.807) is 24.3 Å². The Morgan fingerprint density at radius 3 is 2.77 bits per heavy atom. The zero-order valence-electron chi connectivity index (χ0n) is 13.4. The molecule has 0 spiro atoms. The molecule has 0 saturated carbocycles. The number of para-hydroxylation sites is 1. The van der Waals surface area contributed by atoms with Crippen LogP contribution in [0, 0.1) is 5.82 Å². The largest absolute Gasteiger partial charge is 0.465 e. The maximum absolute atomic E-state index is 13.5. The average molecular weight is 355 g/mol. The predicted molar refractivity (Wildman–Crippen MR) is 91.1 cm³/mol. The number of carbonyl (C=O) groups excluding carboxylic acids is 3. The van der Waals surface area contributed by atoms with E-state index in [1.165, 1.54) is 36.6 Å². The SMILES string of the molecule is O=C(CN1C(=O)N/C(=C/C=C/c2ccco2)C1=O)Nc1ccccc1F. The number of halogens is 1. The maximum Gasteiger partial charge on any atom is 0.329 e. The molecule has 1 aliphatic rings. The number of hydrogen-bond donors (Lipinski definition) is 2. The Morgan fingerprint density at radius 2 is 2.04 bits per heavy atom. The van der Waals surface area contributed by atoms with Crippen molar-refractivity contribution in [1.29, 1.82) is 0 Å². The Labute approximate surface area is 147 Å². The molecule has 0 aliphatic carbocycles. The summed E-state index contributed by atoms with van der Waals surface area (Å²) in [5.41, 5.74) is -0.00167. The van der Waals surface area contributed by atoms with Gasteiger partial charge in [0.25, 0.3) is 5.91 Å². The number of urea groups is 1. The highest BCUT2D eigenvalue weighted by atomic mass is 19.1. The Kier molecular flexibility index (Phi) is 4.93. The summed E-state index contributed by atoms with van der Waals surface area (Å²) in [6.45, 7) is -0.530. The van der Waals surface area contributed by atoms with Gasteiger partial charge in [-0.15, -0.1) is 0 Å². The van der Waals surface area contributed by atoms with E-state index in [9.17, 15) is 18.8 Å². The molecular formula is C18H14FN3O4. The smallest absolute Gasteiger partial charge is 0.329 e. The molecule has 1 aromatic carbocycles. The molecule has 0 bridgehead atoms. The van der Waals surface area contributed by atoms with Gasteiger partial charge in [-0.3, -0.25) is 9.59 Å². The Balaban J connectivity index is 1.63. The molecule has 1 fully saturated rings. The van der Waals surface area contributed by atoms with E-state index in [-0.39, 0.29) is 11.4 Å². The lowest BCUT2D eigenvalue weighted by atomic mass is 10.3. The van der Waals surface area contributed by atoms with Crippen LogP contribution in [0.25, 0.3) is 6.08 Å². The Bertz CT molecular complexity index is 903. The van der Waals surface area contributed by atoms with Crippen LogP contribution in [0.15, 0.2) is 64.9 Å². The fourth-order valence-electron chi connectivity index (χ4n) is 2.25. The van der Waals surface area contributed by atoms with Crippen molar-refractivity contribution in [3.63, 3.8) is 0 Å². The van der Waals surface area contributed by atoms with Crippen molar-refractivity contribution in [3.05, 3.63) is 72.1 Å². The summed E-state index contributed by atoms with van der Waals surface area (Å²) in [6.07, 6.45) is 6.05. The summed E-state index contributed by atoms with van der Waals surface area (Å²) < 4.78 is 18.6. The summed E-state index contributed by atoms with van der Waals surface area (Å²) in [6, 6.07) is 8.32. The molecule has 132 valence electrons. The first kappa shape index (κ1) is 17.2. The van der Waals surface area contributed by atoms with Gasteiger partial charge in [-0.05, 0) is 36.4 Å². The second-order valence-electron chi connectivity index (χ2n) is 5.30. The lowest BCUT2D eigenvalue weighted by Crippen LogP contribution is -2.38. The minimum absolute atomic E-state index is 0.0245. The van der Waals surface area contributed by atoms with Gasteiger partial charge in [0.05, 0.1) is 12.0 Å². The fourth-order valence-corrected chi connectivity index (χ4v) is 2.25. The molecule has 8 heteroatoms. The quantitative estimate of drug-likeness (QED) is 0.637. The lowest BCUT2D eigenvalue weighted by Gasteiger charge is -2.12. The molecular weight excluding hydrogens is 341 g/mol. The number of benzene rings is 1.